The standard InChI is InChI=1S/C25H20Cl2N2O3/c1-2-31-25(30)24-21(9-6-14-28-24)29-20(11-13-23(29)27)19-15-18(26)10-12-22(19)32-16-17-7-4-3-5-8-17/h3-15H,2,16H2,1H3. The minimum Gasteiger partial charge on any atom is -0.488 e. The maximum Gasteiger partial charge on any atom is 0.359 e. The van der Waals surface area contributed by atoms with Crippen molar-refractivity contribution < 1.29 is 14.3 Å². The molecule has 0 saturated heterocycles. The van der Waals surface area contributed by atoms with Crippen molar-refractivity contribution in [1.29, 1.82) is 0 Å². The van der Waals surface area contributed by atoms with Crippen molar-refractivity contribution in [2.45, 2.75) is 13.5 Å². The van der Waals surface area contributed by atoms with Crippen LogP contribution in [0.1, 0.15) is 23.0 Å². The monoisotopic (exact) mass is 466 g/mol. The third kappa shape index (κ3) is 4.64. The number of ether oxygens (including phenoxy) is 2. The minimum atomic E-state index is -0.523. The maximum atomic E-state index is 12.5. The molecule has 2 heterocycles. The number of nitrogens with zero attached hydrogens (tertiary/aromatic N) is 2. The summed E-state index contributed by atoms with van der Waals surface area (Å²) in [7, 11) is 0. The van der Waals surface area contributed by atoms with Gasteiger partial charge in [-0.3, -0.25) is 4.57 Å². The molecule has 32 heavy (non-hydrogen) atoms. The first-order valence-electron chi connectivity index (χ1n) is 10.0. The molecule has 0 fully saturated rings. The van der Waals surface area contributed by atoms with E-state index in [1.165, 1.54) is 0 Å². The number of carbonyl (C=O) groups is 1. The number of pyridine rings is 1. The molecule has 0 atom stereocenters. The van der Waals surface area contributed by atoms with Crippen LogP contribution in [0.25, 0.3) is 16.9 Å². The van der Waals surface area contributed by atoms with Crippen LogP contribution < -0.4 is 4.74 Å². The largest absolute Gasteiger partial charge is 0.488 e. The summed E-state index contributed by atoms with van der Waals surface area (Å²) in [6.45, 7) is 2.38. The van der Waals surface area contributed by atoms with Crippen LogP contribution in [0.15, 0.2) is 79.0 Å². The smallest absolute Gasteiger partial charge is 0.359 e. The Morgan fingerprint density at radius 1 is 1.00 bits per heavy atom. The molecule has 5 nitrogen and oxygen atoms in total. The zero-order valence-corrected chi connectivity index (χ0v) is 18.8. The number of rotatable bonds is 7. The van der Waals surface area contributed by atoms with Gasteiger partial charge >= 0.3 is 5.97 Å². The van der Waals surface area contributed by atoms with E-state index in [2.05, 4.69) is 4.98 Å². The van der Waals surface area contributed by atoms with E-state index in [0.29, 0.717) is 33.9 Å². The number of benzene rings is 2. The van der Waals surface area contributed by atoms with Gasteiger partial charge in [-0.15, -0.1) is 0 Å². The normalized spacial score (nSPS) is 10.7. The van der Waals surface area contributed by atoms with Crippen LogP contribution in [0.5, 0.6) is 5.75 Å². The average molecular weight is 467 g/mol. The van der Waals surface area contributed by atoms with Gasteiger partial charge in [-0.05, 0) is 55.0 Å². The zero-order chi connectivity index (χ0) is 22.5. The summed E-state index contributed by atoms with van der Waals surface area (Å²) in [5.74, 6) is 0.112. The fourth-order valence-corrected chi connectivity index (χ4v) is 3.78. The number of carbonyl (C=O) groups excluding carboxylic acids is 1. The molecular formula is C25H20Cl2N2O3. The lowest BCUT2D eigenvalue weighted by Gasteiger charge is -2.17. The fourth-order valence-electron chi connectivity index (χ4n) is 3.36. The molecule has 0 aliphatic rings. The van der Waals surface area contributed by atoms with Gasteiger partial charge < -0.3 is 9.47 Å². The van der Waals surface area contributed by atoms with Crippen LogP contribution in [-0.2, 0) is 11.3 Å². The van der Waals surface area contributed by atoms with E-state index in [0.717, 1.165) is 11.1 Å². The summed E-state index contributed by atoms with van der Waals surface area (Å²) in [5, 5.41) is 0.959. The molecule has 2 aromatic carbocycles. The lowest BCUT2D eigenvalue weighted by molar-refractivity contribution is 0.0519. The van der Waals surface area contributed by atoms with Crippen LogP contribution in [0, 0.1) is 0 Å². The van der Waals surface area contributed by atoms with E-state index in [-0.39, 0.29) is 12.3 Å². The Morgan fingerprint density at radius 3 is 2.59 bits per heavy atom. The summed E-state index contributed by atoms with van der Waals surface area (Å²) < 4.78 is 13.0. The van der Waals surface area contributed by atoms with Crippen LogP contribution in [0.4, 0.5) is 0 Å². The predicted octanol–water partition coefficient (Wildman–Crippen LogP) is 6.60. The summed E-state index contributed by atoms with van der Waals surface area (Å²) >= 11 is 12.9. The van der Waals surface area contributed by atoms with Crippen molar-refractivity contribution in [3.8, 4) is 22.7 Å². The van der Waals surface area contributed by atoms with Crippen LogP contribution in [0.3, 0.4) is 0 Å². The molecule has 0 bridgehead atoms. The van der Waals surface area contributed by atoms with Crippen molar-refractivity contribution in [2.75, 3.05) is 6.61 Å². The third-order valence-corrected chi connectivity index (χ3v) is 5.31. The first-order chi connectivity index (χ1) is 15.6. The molecule has 4 rings (SSSR count). The van der Waals surface area contributed by atoms with Gasteiger partial charge in [0.2, 0.25) is 0 Å². The molecule has 2 aromatic heterocycles. The Kier molecular flexibility index (Phi) is 6.78. The molecule has 0 amide bonds. The Balaban J connectivity index is 1.79. The van der Waals surface area contributed by atoms with Gasteiger partial charge in [-0.2, -0.15) is 0 Å². The highest BCUT2D eigenvalue weighted by atomic mass is 35.5. The summed E-state index contributed by atoms with van der Waals surface area (Å²) in [4.78, 5) is 16.7. The first kappa shape index (κ1) is 21.9. The molecule has 0 unspecified atom stereocenters. The second-order valence-corrected chi connectivity index (χ2v) is 7.71. The highest BCUT2D eigenvalue weighted by Gasteiger charge is 2.21. The third-order valence-electron chi connectivity index (χ3n) is 4.78. The highest BCUT2D eigenvalue weighted by molar-refractivity contribution is 6.31. The van der Waals surface area contributed by atoms with Crippen LogP contribution in [0.2, 0.25) is 10.2 Å². The summed E-state index contributed by atoms with van der Waals surface area (Å²) in [6, 6.07) is 22.4. The first-order valence-corrected chi connectivity index (χ1v) is 10.8. The van der Waals surface area contributed by atoms with Gasteiger partial charge in [-0.25, -0.2) is 9.78 Å². The van der Waals surface area contributed by atoms with Crippen LogP contribution >= 0.6 is 23.2 Å². The lowest BCUT2D eigenvalue weighted by Crippen LogP contribution is -2.12. The second-order valence-electron chi connectivity index (χ2n) is 6.88. The van der Waals surface area contributed by atoms with Gasteiger partial charge in [0.15, 0.2) is 5.69 Å². The number of hydrogen-bond donors (Lipinski definition) is 0. The average Bonchev–Trinajstić information content (AvgIpc) is 3.20. The minimum absolute atomic E-state index is 0.169. The van der Waals surface area contributed by atoms with E-state index < -0.39 is 5.97 Å². The van der Waals surface area contributed by atoms with Gasteiger partial charge in [0.1, 0.15) is 17.5 Å². The van der Waals surface area contributed by atoms with E-state index in [1.807, 2.05) is 48.5 Å². The molecule has 0 N–H and O–H groups in total. The molecule has 0 radical (unpaired) electrons. The number of hydrogen-bond acceptors (Lipinski definition) is 4. The Hall–Kier alpha value is -3.28. The van der Waals surface area contributed by atoms with E-state index in [4.69, 9.17) is 32.7 Å². The topological polar surface area (TPSA) is 53.3 Å². The lowest BCUT2D eigenvalue weighted by atomic mass is 10.1. The molecule has 4 aromatic rings. The van der Waals surface area contributed by atoms with E-state index >= 15 is 0 Å². The molecule has 0 aliphatic heterocycles. The molecule has 162 valence electrons. The van der Waals surface area contributed by atoms with Crippen molar-refractivity contribution in [1.82, 2.24) is 9.55 Å². The SMILES string of the molecule is CCOC(=O)c1ncccc1-n1c(Cl)ccc1-c1cc(Cl)ccc1OCc1ccccc1. The Labute approximate surface area is 196 Å². The van der Waals surface area contributed by atoms with Gasteiger partial charge in [0.05, 0.1) is 18.0 Å². The quantitative estimate of drug-likeness (QED) is 0.287. The maximum absolute atomic E-state index is 12.5. The van der Waals surface area contributed by atoms with Crippen molar-refractivity contribution in [2.24, 2.45) is 0 Å². The molecular weight excluding hydrogens is 447 g/mol. The Morgan fingerprint density at radius 2 is 1.81 bits per heavy atom. The molecule has 0 spiro atoms. The summed E-state index contributed by atoms with van der Waals surface area (Å²) in [5.41, 5.74) is 3.16. The van der Waals surface area contributed by atoms with Crippen molar-refractivity contribution in [3.05, 3.63) is 100 Å². The predicted molar refractivity (Wildman–Crippen MR) is 126 cm³/mol. The Bertz CT molecular complexity index is 1240. The molecule has 0 aliphatic carbocycles. The highest BCUT2D eigenvalue weighted by Crippen LogP contribution is 2.37. The number of aromatic nitrogens is 2. The zero-order valence-electron chi connectivity index (χ0n) is 17.3. The fraction of sp³-hybridized carbons (Fsp3) is 0.120. The van der Waals surface area contributed by atoms with Crippen molar-refractivity contribution in [3.63, 3.8) is 0 Å². The van der Waals surface area contributed by atoms with E-state index in [1.54, 1.807) is 42.0 Å². The molecule has 7 heteroatoms. The van der Waals surface area contributed by atoms with Gasteiger partial charge in [0, 0.05) is 16.8 Å². The van der Waals surface area contributed by atoms with Gasteiger partial charge in [0.25, 0.3) is 0 Å². The number of halogens is 2. The van der Waals surface area contributed by atoms with Crippen LogP contribution in [-0.4, -0.2) is 22.1 Å². The summed E-state index contributed by atoms with van der Waals surface area (Å²) in [6.07, 6.45) is 1.54. The second kappa shape index (κ2) is 9.90. The van der Waals surface area contributed by atoms with E-state index in [9.17, 15) is 4.79 Å². The molecule has 0 saturated carbocycles. The van der Waals surface area contributed by atoms with Gasteiger partial charge in [-0.1, -0.05) is 53.5 Å². The number of esters is 1. The van der Waals surface area contributed by atoms with Crippen molar-refractivity contribution >= 4 is 29.2 Å².